The van der Waals surface area contributed by atoms with E-state index in [9.17, 15) is 5.11 Å². The Morgan fingerprint density at radius 1 is 1.12 bits per heavy atom. The fraction of sp³-hybridized carbons (Fsp3) is 0.250. The number of aromatic hydroxyl groups is 1. The minimum Gasteiger partial charge on any atom is -0.507 e. The summed E-state index contributed by atoms with van der Waals surface area (Å²) in [6, 6.07) is 5.12. The Bertz CT molecular complexity index is 537. The van der Waals surface area contributed by atoms with Crippen molar-refractivity contribution >= 4 is 10.9 Å². The van der Waals surface area contributed by atoms with Crippen LogP contribution in [0.3, 0.4) is 0 Å². The lowest BCUT2D eigenvalue weighted by atomic mass is 10.1. The number of pyridine rings is 1. The SMILES string of the molecule is COc1ccc(OC)c2c(O)cc(C)nc12. The van der Waals surface area contributed by atoms with Gasteiger partial charge in [-0.1, -0.05) is 0 Å². The highest BCUT2D eigenvalue weighted by Crippen LogP contribution is 2.37. The number of rotatable bonds is 2. The molecule has 0 radical (unpaired) electrons. The van der Waals surface area contributed by atoms with Gasteiger partial charge in [0, 0.05) is 11.8 Å². The molecular weight excluding hydrogens is 206 g/mol. The summed E-state index contributed by atoms with van der Waals surface area (Å²) in [7, 11) is 3.13. The molecule has 1 aromatic heterocycles. The minimum atomic E-state index is 0.151. The number of nitrogens with zero attached hydrogens (tertiary/aromatic N) is 1. The van der Waals surface area contributed by atoms with Crippen molar-refractivity contribution in [3.05, 3.63) is 23.9 Å². The van der Waals surface area contributed by atoms with Crippen molar-refractivity contribution in [3.63, 3.8) is 0 Å². The van der Waals surface area contributed by atoms with Gasteiger partial charge in [0.05, 0.1) is 19.6 Å². The number of aryl methyl sites for hydroxylation is 1. The quantitative estimate of drug-likeness (QED) is 0.841. The second-order valence-corrected chi connectivity index (χ2v) is 3.48. The van der Waals surface area contributed by atoms with Gasteiger partial charge in [-0.15, -0.1) is 0 Å². The number of hydrogen-bond donors (Lipinski definition) is 1. The van der Waals surface area contributed by atoms with Gasteiger partial charge >= 0.3 is 0 Å². The van der Waals surface area contributed by atoms with Crippen molar-refractivity contribution in [1.82, 2.24) is 4.98 Å². The van der Waals surface area contributed by atoms with Crippen LogP contribution in [0.25, 0.3) is 10.9 Å². The summed E-state index contributed by atoms with van der Waals surface area (Å²) < 4.78 is 10.4. The second kappa shape index (κ2) is 3.89. The van der Waals surface area contributed by atoms with E-state index in [2.05, 4.69) is 4.98 Å². The highest BCUT2D eigenvalue weighted by Gasteiger charge is 2.13. The molecule has 0 aliphatic rings. The zero-order valence-corrected chi connectivity index (χ0v) is 9.44. The van der Waals surface area contributed by atoms with E-state index in [4.69, 9.17) is 9.47 Å². The first-order chi connectivity index (χ1) is 7.67. The molecule has 16 heavy (non-hydrogen) atoms. The highest BCUT2D eigenvalue weighted by atomic mass is 16.5. The Balaban J connectivity index is 2.90. The van der Waals surface area contributed by atoms with Crippen LogP contribution in [0.15, 0.2) is 18.2 Å². The third kappa shape index (κ3) is 1.52. The van der Waals surface area contributed by atoms with Gasteiger partial charge in [-0.25, -0.2) is 4.98 Å². The number of hydrogen-bond acceptors (Lipinski definition) is 4. The Morgan fingerprint density at radius 3 is 2.38 bits per heavy atom. The number of ether oxygens (including phenoxy) is 2. The molecule has 0 unspecified atom stereocenters. The molecule has 1 heterocycles. The van der Waals surface area contributed by atoms with Gasteiger partial charge in [-0.3, -0.25) is 0 Å². The molecule has 0 saturated heterocycles. The summed E-state index contributed by atoms with van der Waals surface area (Å²) in [4.78, 5) is 4.35. The van der Waals surface area contributed by atoms with Crippen LogP contribution in [0.1, 0.15) is 5.69 Å². The summed E-state index contributed by atoms with van der Waals surface area (Å²) in [5, 5.41) is 10.5. The first-order valence-electron chi connectivity index (χ1n) is 4.88. The monoisotopic (exact) mass is 219 g/mol. The largest absolute Gasteiger partial charge is 0.507 e. The molecule has 0 aliphatic heterocycles. The molecular formula is C12H13NO3. The average Bonchev–Trinajstić information content (AvgIpc) is 2.27. The van der Waals surface area contributed by atoms with E-state index in [0.717, 1.165) is 5.69 Å². The number of methoxy groups -OCH3 is 2. The van der Waals surface area contributed by atoms with Gasteiger partial charge in [0.1, 0.15) is 22.8 Å². The van der Waals surface area contributed by atoms with E-state index in [1.807, 2.05) is 6.92 Å². The predicted molar refractivity (Wildman–Crippen MR) is 61.2 cm³/mol. The van der Waals surface area contributed by atoms with Crippen LogP contribution in [-0.2, 0) is 0 Å². The molecule has 2 aromatic rings. The zero-order chi connectivity index (χ0) is 11.7. The molecule has 84 valence electrons. The number of fused-ring (bicyclic) bond motifs is 1. The Kier molecular flexibility index (Phi) is 2.56. The number of benzene rings is 1. The van der Waals surface area contributed by atoms with E-state index in [0.29, 0.717) is 22.4 Å². The maximum atomic E-state index is 9.91. The first kappa shape index (κ1) is 10.5. The minimum absolute atomic E-state index is 0.151. The van der Waals surface area contributed by atoms with Crippen LogP contribution < -0.4 is 9.47 Å². The van der Waals surface area contributed by atoms with Crippen molar-refractivity contribution in [3.8, 4) is 17.2 Å². The molecule has 4 heteroatoms. The molecule has 2 rings (SSSR count). The Hall–Kier alpha value is -1.97. The van der Waals surface area contributed by atoms with E-state index in [-0.39, 0.29) is 5.75 Å². The molecule has 0 aliphatic carbocycles. The predicted octanol–water partition coefficient (Wildman–Crippen LogP) is 2.27. The van der Waals surface area contributed by atoms with E-state index in [1.165, 1.54) is 0 Å². The van der Waals surface area contributed by atoms with Gasteiger partial charge in [-0.2, -0.15) is 0 Å². The smallest absolute Gasteiger partial charge is 0.145 e. The van der Waals surface area contributed by atoms with Crippen molar-refractivity contribution in [2.75, 3.05) is 14.2 Å². The van der Waals surface area contributed by atoms with Crippen LogP contribution in [0.5, 0.6) is 17.2 Å². The summed E-state index contributed by atoms with van der Waals surface area (Å²) in [5.41, 5.74) is 1.34. The normalized spacial score (nSPS) is 10.4. The molecule has 4 nitrogen and oxygen atoms in total. The van der Waals surface area contributed by atoms with E-state index >= 15 is 0 Å². The standard InChI is InChI=1S/C12H13NO3/c1-7-6-8(14)11-9(15-2)4-5-10(16-3)12(11)13-7/h4-6H,1-3H3,(H,13,14). The zero-order valence-electron chi connectivity index (χ0n) is 9.44. The maximum absolute atomic E-state index is 9.91. The molecule has 1 aromatic carbocycles. The molecule has 0 atom stereocenters. The lowest BCUT2D eigenvalue weighted by molar-refractivity contribution is 0.406. The summed E-state index contributed by atoms with van der Waals surface area (Å²) in [5.74, 6) is 1.36. The third-order valence-corrected chi connectivity index (χ3v) is 2.43. The van der Waals surface area contributed by atoms with Crippen molar-refractivity contribution in [2.45, 2.75) is 6.92 Å². The topological polar surface area (TPSA) is 51.6 Å². The average molecular weight is 219 g/mol. The van der Waals surface area contributed by atoms with Gasteiger partial charge in [0.2, 0.25) is 0 Å². The van der Waals surface area contributed by atoms with Gasteiger partial charge < -0.3 is 14.6 Å². The van der Waals surface area contributed by atoms with E-state index in [1.54, 1.807) is 32.4 Å². The molecule has 0 spiro atoms. The fourth-order valence-electron chi connectivity index (χ4n) is 1.73. The van der Waals surface area contributed by atoms with Crippen molar-refractivity contribution in [1.29, 1.82) is 0 Å². The molecule has 0 bridgehead atoms. The van der Waals surface area contributed by atoms with Crippen LogP contribution >= 0.6 is 0 Å². The van der Waals surface area contributed by atoms with E-state index < -0.39 is 0 Å². The molecule has 1 N–H and O–H groups in total. The van der Waals surface area contributed by atoms with Crippen LogP contribution in [0.4, 0.5) is 0 Å². The lowest BCUT2D eigenvalue weighted by Gasteiger charge is -2.10. The van der Waals surface area contributed by atoms with Crippen LogP contribution in [0.2, 0.25) is 0 Å². The summed E-state index contributed by atoms with van der Waals surface area (Å²) in [6.07, 6.45) is 0. The fourth-order valence-corrected chi connectivity index (χ4v) is 1.73. The Morgan fingerprint density at radius 2 is 1.75 bits per heavy atom. The summed E-state index contributed by atoms with van der Waals surface area (Å²) >= 11 is 0. The van der Waals surface area contributed by atoms with Gasteiger partial charge in [0.25, 0.3) is 0 Å². The van der Waals surface area contributed by atoms with Crippen LogP contribution in [-0.4, -0.2) is 24.3 Å². The van der Waals surface area contributed by atoms with Crippen molar-refractivity contribution in [2.24, 2.45) is 0 Å². The maximum Gasteiger partial charge on any atom is 0.145 e. The first-order valence-corrected chi connectivity index (χ1v) is 4.88. The summed E-state index contributed by atoms with van der Waals surface area (Å²) in [6.45, 7) is 1.82. The van der Waals surface area contributed by atoms with Crippen LogP contribution in [0, 0.1) is 6.92 Å². The Labute approximate surface area is 93.4 Å². The third-order valence-electron chi connectivity index (χ3n) is 2.43. The molecule has 0 amide bonds. The lowest BCUT2D eigenvalue weighted by Crippen LogP contribution is -1.93. The second-order valence-electron chi connectivity index (χ2n) is 3.48. The molecule has 0 saturated carbocycles. The van der Waals surface area contributed by atoms with Gasteiger partial charge in [-0.05, 0) is 19.1 Å². The number of aromatic nitrogens is 1. The van der Waals surface area contributed by atoms with Crippen molar-refractivity contribution < 1.29 is 14.6 Å². The van der Waals surface area contributed by atoms with Gasteiger partial charge in [0.15, 0.2) is 0 Å². The highest BCUT2D eigenvalue weighted by molar-refractivity contribution is 5.95. The molecule has 0 fully saturated rings.